The maximum Gasteiger partial charge on any atom is 0.416 e. The average Bonchev–Trinajstić information content (AvgIpc) is 2.59. The van der Waals surface area contributed by atoms with Gasteiger partial charge in [-0.1, -0.05) is 20.8 Å². The molecule has 0 spiro atoms. The number of alkyl halides is 3. The van der Waals surface area contributed by atoms with E-state index in [0.717, 1.165) is 33.1 Å². The molecule has 0 unspecified atom stereocenters. The summed E-state index contributed by atoms with van der Waals surface area (Å²) in [5.41, 5.74) is 2.94. The molecule has 0 atom stereocenters. The Balaban J connectivity index is 2.33. The fourth-order valence-electron chi connectivity index (χ4n) is 2.82. The van der Waals surface area contributed by atoms with Gasteiger partial charge < -0.3 is 15.0 Å². The highest BCUT2D eigenvalue weighted by Crippen LogP contribution is 2.35. The molecule has 164 valence electrons. The molecule has 0 saturated heterocycles. The monoisotopic (exact) mass is 598 g/mol. The van der Waals surface area contributed by atoms with Crippen LogP contribution in [0.5, 0.6) is 0 Å². The van der Waals surface area contributed by atoms with Crippen LogP contribution in [-0.2, 0) is 6.18 Å². The number of hydrogen-bond acceptors (Lipinski definition) is 4. The highest BCUT2D eigenvalue weighted by atomic mass is 127. The lowest BCUT2D eigenvalue weighted by atomic mass is 10.1. The number of rotatable bonds is 8. The normalized spacial score (nSPS) is 12.4. The Morgan fingerprint density at radius 3 is 2.43 bits per heavy atom. The first kappa shape index (κ1) is 24.7. The second-order valence-electron chi connectivity index (χ2n) is 7.08. The predicted octanol–water partition coefficient (Wildman–Crippen LogP) is 5.42. The second kappa shape index (κ2) is 10.7. The number of hydrogen-bond donors (Lipinski definition) is 1. The first-order chi connectivity index (χ1) is 14.0. The SMILES string of the molecule is CN(C)CCCN(C)c1ccc(C(F)(F)F)cc1N/[N+]([O-])=C\c1cc(Br)cc(I)c1. The lowest BCUT2D eigenvalue weighted by Crippen LogP contribution is -2.25. The van der Waals surface area contributed by atoms with Crippen LogP contribution in [0.2, 0.25) is 0 Å². The first-order valence-corrected chi connectivity index (χ1v) is 10.9. The minimum Gasteiger partial charge on any atom is -0.596 e. The Labute approximate surface area is 196 Å². The van der Waals surface area contributed by atoms with Crippen LogP contribution in [0.4, 0.5) is 24.5 Å². The number of benzene rings is 2. The van der Waals surface area contributed by atoms with Gasteiger partial charge >= 0.3 is 6.18 Å². The number of anilines is 2. The van der Waals surface area contributed by atoms with Crippen LogP contribution < -0.4 is 10.3 Å². The molecular weight excluding hydrogens is 576 g/mol. The predicted molar refractivity (Wildman–Crippen MR) is 127 cm³/mol. The quantitative estimate of drug-likeness (QED) is 0.145. The zero-order chi connectivity index (χ0) is 22.5. The maximum atomic E-state index is 13.2. The van der Waals surface area contributed by atoms with Crippen molar-refractivity contribution >= 4 is 56.1 Å². The Kier molecular flexibility index (Phi) is 8.80. The minimum atomic E-state index is -4.50. The molecular formula is C20H23BrF3IN4O. The standard InChI is InChI=1S/C20H23BrF3IN4O/c1-27(2)7-4-8-28(3)19-6-5-15(20(22,23)24)11-18(19)26-29(30)13-14-9-16(21)12-17(25)10-14/h5-6,9-13,26H,4,7-8H2,1-3H3/b29-13+. The fraction of sp³-hybridized carbons (Fsp3) is 0.350. The first-order valence-electron chi connectivity index (χ1n) is 9.07. The van der Waals surface area contributed by atoms with Crippen LogP contribution in [-0.4, -0.2) is 50.2 Å². The number of hydrazine groups is 1. The molecule has 10 heteroatoms. The molecule has 0 bridgehead atoms. The third-order valence-electron chi connectivity index (χ3n) is 4.22. The third-order valence-corrected chi connectivity index (χ3v) is 5.30. The van der Waals surface area contributed by atoms with Gasteiger partial charge in [-0.3, -0.25) is 0 Å². The van der Waals surface area contributed by atoms with Gasteiger partial charge in [-0.2, -0.15) is 18.6 Å². The second-order valence-corrected chi connectivity index (χ2v) is 9.24. The van der Waals surface area contributed by atoms with E-state index in [1.54, 1.807) is 19.2 Å². The number of nitrogens with one attached hydrogen (secondary N) is 1. The molecule has 0 fully saturated rings. The summed E-state index contributed by atoms with van der Waals surface area (Å²) in [5.74, 6) is 0. The van der Waals surface area contributed by atoms with E-state index in [-0.39, 0.29) is 5.69 Å². The molecule has 5 nitrogen and oxygen atoms in total. The van der Waals surface area contributed by atoms with Gasteiger partial charge in [0.1, 0.15) is 5.69 Å². The summed E-state index contributed by atoms with van der Waals surface area (Å²) in [4.78, 5) is 4.29. The summed E-state index contributed by atoms with van der Waals surface area (Å²) < 4.78 is 41.4. The Morgan fingerprint density at radius 1 is 1.13 bits per heavy atom. The van der Waals surface area contributed by atoms with Gasteiger partial charge in [-0.25, -0.2) is 0 Å². The third kappa shape index (κ3) is 7.62. The van der Waals surface area contributed by atoms with Gasteiger partial charge in [0, 0.05) is 27.2 Å². The van der Waals surface area contributed by atoms with Crippen LogP contribution >= 0.6 is 38.5 Å². The molecule has 2 aromatic carbocycles. The van der Waals surface area contributed by atoms with E-state index >= 15 is 0 Å². The molecule has 0 radical (unpaired) electrons. The molecule has 0 aliphatic heterocycles. The van der Waals surface area contributed by atoms with Crippen LogP contribution in [0.25, 0.3) is 0 Å². The Hall–Kier alpha value is -1.53. The number of hydrazone groups is 1. The molecule has 30 heavy (non-hydrogen) atoms. The molecule has 0 amide bonds. The summed E-state index contributed by atoms with van der Waals surface area (Å²) in [6.07, 6.45) is -2.40. The van der Waals surface area contributed by atoms with Gasteiger partial charge in [0.15, 0.2) is 0 Å². The smallest absolute Gasteiger partial charge is 0.416 e. The summed E-state index contributed by atoms with van der Waals surface area (Å²) in [5, 5.41) is 12.5. The molecule has 2 rings (SSSR count). The van der Waals surface area contributed by atoms with E-state index < -0.39 is 11.7 Å². The zero-order valence-electron chi connectivity index (χ0n) is 16.8. The van der Waals surface area contributed by atoms with E-state index in [1.807, 2.05) is 30.0 Å². The highest BCUT2D eigenvalue weighted by Gasteiger charge is 2.31. The van der Waals surface area contributed by atoms with Crippen molar-refractivity contribution in [2.75, 3.05) is 44.6 Å². The fourth-order valence-corrected chi connectivity index (χ4v) is 4.45. The van der Waals surface area contributed by atoms with Crippen LogP contribution in [0.3, 0.4) is 0 Å². The molecule has 0 aliphatic carbocycles. The Morgan fingerprint density at radius 2 is 1.83 bits per heavy atom. The zero-order valence-corrected chi connectivity index (χ0v) is 20.5. The van der Waals surface area contributed by atoms with Crippen molar-refractivity contribution in [1.29, 1.82) is 0 Å². The van der Waals surface area contributed by atoms with Gasteiger partial charge in [0.25, 0.3) is 0 Å². The van der Waals surface area contributed by atoms with Gasteiger partial charge in [0.05, 0.1) is 11.3 Å². The van der Waals surface area contributed by atoms with Gasteiger partial charge in [0.2, 0.25) is 6.21 Å². The van der Waals surface area contributed by atoms with E-state index in [9.17, 15) is 18.4 Å². The summed E-state index contributed by atoms with van der Waals surface area (Å²) in [6, 6.07) is 8.79. The highest BCUT2D eigenvalue weighted by molar-refractivity contribution is 14.1. The largest absolute Gasteiger partial charge is 0.596 e. The van der Waals surface area contributed by atoms with Crippen molar-refractivity contribution in [3.05, 3.63) is 60.8 Å². The van der Waals surface area contributed by atoms with Crippen molar-refractivity contribution in [3.8, 4) is 0 Å². The molecule has 0 heterocycles. The van der Waals surface area contributed by atoms with Crippen LogP contribution in [0, 0.1) is 8.78 Å². The summed E-state index contributed by atoms with van der Waals surface area (Å²) >= 11 is 5.48. The maximum absolute atomic E-state index is 13.2. The van der Waals surface area contributed by atoms with Gasteiger partial charge in [-0.15, -0.1) is 0 Å². The van der Waals surface area contributed by atoms with Crippen molar-refractivity contribution in [2.45, 2.75) is 12.6 Å². The number of halogens is 5. The van der Waals surface area contributed by atoms with Crippen LogP contribution in [0.1, 0.15) is 17.5 Å². The van der Waals surface area contributed by atoms with E-state index in [4.69, 9.17) is 0 Å². The van der Waals surface area contributed by atoms with E-state index in [2.05, 4.69) is 43.9 Å². The summed E-state index contributed by atoms with van der Waals surface area (Å²) in [7, 11) is 5.71. The topological polar surface area (TPSA) is 44.6 Å². The average molecular weight is 599 g/mol. The van der Waals surface area contributed by atoms with Crippen molar-refractivity contribution < 1.29 is 18.0 Å². The minimum absolute atomic E-state index is 0.0909. The Bertz CT molecular complexity index is 886. The summed E-state index contributed by atoms with van der Waals surface area (Å²) in [6.45, 7) is 1.47. The van der Waals surface area contributed by atoms with Crippen molar-refractivity contribution in [1.82, 2.24) is 4.90 Å². The molecule has 1 N–H and O–H groups in total. The lowest BCUT2D eigenvalue weighted by Gasteiger charge is -2.24. The van der Waals surface area contributed by atoms with E-state index in [0.29, 0.717) is 22.6 Å². The molecule has 0 saturated carbocycles. The van der Waals surface area contributed by atoms with Crippen molar-refractivity contribution in [3.63, 3.8) is 0 Å². The number of nitrogens with zero attached hydrogens (tertiary/aromatic N) is 3. The molecule has 0 aromatic heterocycles. The van der Waals surface area contributed by atoms with E-state index in [1.165, 1.54) is 12.3 Å². The van der Waals surface area contributed by atoms with Crippen molar-refractivity contribution in [2.24, 2.45) is 0 Å². The molecule has 2 aromatic rings. The van der Waals surface area contributed by atoms with Crippen LogP contribution in [0.15, 0.2) is 40.9 Å². The molecule has 0 aliphatic rings. The lowest BCUT2D eigenvalue weighted by molar-refractivity contribution is -0.416. The van der Waals surface area contributed by atoms with Gasteiger partial charge in [-0.05, 0) is 86.0 Å².